The largest absolute Gasteiger partial charge is 0.497 e. The van der Waals surface area contributed by atoms with E-state index in [4.69, 9.17) is 13.9 Å². The number of nitrogens with one attached hydrogen (secondary N) is 1. The standard InChI is InChI=1S/C26H31N3O5/c1-32-16-7-15-28(26(31)27-22-11-13-23(33-2)14-12-22)20-25(30)29(19-24-10-6-17-34-24)18-21-8-4-3-5-9-21/h3-6,8-14,17H,7,15-16,18-20H2,1-2H3,(H,27,31). The zero-order valence-corrected chi connectivity index (χ0v) is 19.6. The first-order valence-corrected chi connectivity index (χ1v) is 11.1. The van der Waals surface area contributed by atoms with Crippen LogP contribution in [0.25, 0.3) is 0 Å². The minimum absolute atomic E-state index is 0.0702. The summed E-state index contributed by atoms with van der Waals surface area (Å²) in [5.41, 5.74) is 1.61. The molecule has 0 aliphatic heterocycles. The van der Waals surface area contributed by atoms with Crippen molar-refractivity contribution in [2.24, 2.45) is 0 Å². The molecule has 0 radical (unpaired) electrons. The molecular weight excluding hydrogens is 434 g/mol. The van der Waals surface area contributed by atoms with Gasteiger partial charge in [-0.2, -0.15) is 0 Å². The molecule has 0 fully saturated rings. The number of carbonyl (C=O) groups excluding carboxylic acids is 2. The molecule has 3 rings (SSSR count). The topological polar surface area (TPSA) is 84.2 Å². The van der Waals surface area contributed by atoms with Crippen LogP contribution in [0, 0.1) is 0 Å². The van der Waals surface area contributed by atoms with E-state index in [0.29, 0.717) is 49.9 Å². The second kappa shape index (κ2) is 13.1. The third-order valence-corrected chi connectivity index (χ3v) is 5.23. The van der Waals surface area contributed by atoms with Gasteiger partial charge < -0.3 is 29.0 Å². The fourth-order valence-corrected chi connectivity index (χ4v) is 3.42. The van der Waals surface area contributed by atoms with E-state index in [1.807, 2.05) is 36.4 Å². The number of anilines is 1. The first kappa shape index (κ1) is 24.9. The molecule has 34 heavy (non-hydrogen) atoms. The van der Waals surface area contributed by atoms with Crippen molar-refractivity contribution in [1.29, 1.82) is 0 Å². The Morgan fingerprint density at radius 2 is 1.68 bits per heavy atom. The molecule has 1 aromatic heterocycles. The average Bonchev–Trinajstić information content (AvgIpc) is 3.37. The van der Waals surface area contributed by atoms with Crippen LogP contribution in [-0.2, 0) is 22.6 Å². The Morgan fingerprint density at radius 1 is 0.912 bits per heavy atom. The van der Waals surface area contributed by atoms with Gasteiger partial charge >= 0.3 is 6.03 Å². The molecule has 1 heterocycles. The van der Waals surface area contributed by atoms with Crippen molar-refractivity contribution in [3.8, 4) is 5.75 Å². The van der Waals surface area contributed by atoms with Gasteiger partial charge in [-0.25, -0.2) is 4.79 Å². The molecule has 8 heteroatoms. The highest BCUT2D eigenvalue weighted by molar-refractivity contribution is 5.92. The predicted molar refractivity (Wildman–Crippen MR) is 129 cm³/mol. The second-order valence-electron chi connectivity index (χ2n) is 7.74. The maximum absolute atomic E-state index is 13.4. The lowest BCUT2D eigenvalue weighted by molar-refractivity contribution is -0.133. The van der Waals surface area contributed by atoms with Gasteiger partial charge in [0.2, 0.25) is 5.91 Å². The second-order valence-corrected chi connectivity index (χ2v) is 7.74. The van der Waals surface area contributed by atoms with Crippen LogP contribution in [0.1, 0.15) is 17.7 Å². The third-order valence-electron chi connectivity index (χ3n) is 5.23. The summed E-state index contributed by atoms with van der Waals surface area (Å²) < 4.78 is 15.8. The van der Waals surface area contributed by atoms with Gasteiger partial charge in [-0.1, -0.05) is 30.3 Å². The van der Waals surface area contributed by atoms with Crippen LogP contribution in [0.3, 0.4) is 0 Å². The molecule has 0 unspecified atom stereocenters. The highest BCUT2D eigenvalue weighted by Gasteiger charge is 2.22. The number of benzene rings is 2. The molecule has 3 amide bonds. The lowest BCUT2D eigenvalue weighted by Crippen LogP contribution is -2.44. The number of hydrogen-bond acceptors (Lipinski definition) is 5. The van der Waals surface area contributed by atoms with Crippen LogP contribution in [-0.4, -0.2) is 55.7 Å². The molecular formula is C26H31N3O5. The minimum Gasteiger partial charge on any atom is -0.497 e. The van der Waals surface area contributed by atoms with Crippen LogP contribution >= 0.6 is 0 Å². The van der Waals surface area contributed by atoms with Gasteiger partial charge in [-0.15, -0.1) is 0 Å². The number of ether oxygens (including phenoxy) is 2. The molecule has 0 saturated heterocycles. The molecule has 0 saturated carbocycles. The fraction of sp³-hybridized carbons (Fsp3) is 0.308. The molecule has 8 nitrogen and oxygen atoms in total. The maximum Gasteiger partial charge on any atom is 0.322 e. The van der Waals surface area contributed by atoms with Gasteiger partial charge in [-0.05, 0) is 48.4 Å². The van der Waals surface area contributed by atoms with Crippen molar-refractivity contribution < 1.29 is 23.5 Å². The van der Waals surface area contributed by atoms with E-state index in [0.717, 1.165) is 5.56 Å². The van der Waals surface area contributed by atoms with E-state index in [1.54, 1.807) is 55.7 Å². The van der Waals surface area contributed by atoms with Crippen molar-refractivity contribution in [2.75, 3.05) is 39.2 Å². The van der Waals surface area contributed by atoms with Gasteiger partial charge in [0.05, 0.1) is 19.9 Å². The van der Waals surface area contributed by atoms with Crippen molar-refractivity contribution in [3.63, 3.8) is 0 Å². The van der Waals surface area contributed by atoms with Gasteiger partial charge in [0, 0.05) is 32.5 Å². The molecule has 0 atom stereocenters. The van der Waals surface area contributed by atoms with Crippen LogP contribution in [0.15, 0.2) is 77.4 Å². The molecule has 0 bridgehead atoms. The van der Waals surface area contributed by atoms with Gasteiger partial charge in [0.1, 0.15) is 18.1 Å². The average molecular weight is 466 g/mol. The monoisotopic (exact) mass is 465 g/mol. The van der Waals surface area contributed by atoms with E-state index >= 15 is 0 Å². The van der Waals surface area contributed by atoms with Crippen LogP contribution in [0.5, 0.6) is 5.75 Å². The molecule has 0 spiro atoms. The number of urea groups is 1. The molecule has 180 valence electrons. The summed E-state index contributed by atoms with van der Waals surface area (Å²) in [7, 11) is 3.19. The van der Waals surface area contributed by atoms with Crippen molar-refractivity contribution >= 4 is 17.6 Å². The number of nitrogens with zero attached hydrogens (tertiary/aromatic N) is 2. The van der Waals surface area contributed by atoms with E-state index in [-0.39, 0.29) is 18.5 Å². The van der Waals surface area contributed by atoms with E-state index in [1.165, 1.54) is 4.90 Å². The van der Waals surface area contributed by atoms with Gasteiger partial charge in [0.15, 0.2) is 0 Å². The zero-order valence-electron chi connectivity index (χ0n) is 19.6. The Kier molecular flexibility index (Phi) is 9.54. The summed E-state index contributed by atoms with van der Waals surface area (Å²) in [5.74, 6) is 1.19. The summed E-state index contributed by atoms with van der Waals surface area (Å²) in [6, 6.07) is 20.0. The molecule has 2 aromatic carbocycles. The number of hydrogen-bond donors (Lipinski definition) is 1. The van der Waals surface area contributed by atoms with E-state index in [2.05, 4.69) is 5.32 Å². The van der Waals surface area contributed by atoms with Crippen LogP contribution < -0.4 is 10.1 Å². The minimum atomic E-state index is -0.354. The number of amides is 3. The number of furan rings is 1. The maximum atomic E-state index is 13.4. The lowest BCUT2D eigenvalue weighted by atomic mass is 10.2. The van der Waals surface area contributed by atoms with E-state index < -0.39 is 0 Å². The smallest absolute Gasteiger partial charge is 0.322 e. The Labute approximate surface area is 200 Å². The normalized spacial score (nSPS) is 10.5. The Balaban J connectivity index is 1.72. The predicted octanol–water partition coefficient (Wildman–Crippen LogP) is 4.39. The summed E-state index contributed by atoms with van der Waals surface area (Å²) in [4.78, 5) is 29.6. The molecule has 3 aromatic rings. The zero-order chi connectivity index (χ0) is 24.2. The SMILES string of the molecule is COCCCN(CC(=O)N(Cc1ccccc1)Cc1ccco1)C(=O)Nc1ccc(OC)cc1. The fourth-order valence-electron chi connectivity index (χ4n) is 3.42. The molecule has 1 N–H and O–H groups in total. The quantitative estimate of drug-likeness (QED) is 0.401. The summed E-state index contributed by atoms with van der Waals surface area (Å²) in [5, 5.41) is 2.86. The Morgan fingerprint density at radius 3 is 2.32 bits per heavy atom. The van der Waals surface area contributed by atoms with Crippen molar-refractivity contribution in [1.82, 2.24) is 9.80 Å². The number of methoxy groups -OCH3 is 2. The number of carbonyl (C=O) groups is 2. The lowest BCUT2D eigenvalue weighted by Gasteiger charge is -2.27. The van der Waals surface area contributed by atoms with Crippen molar-refractivity contribution in [2.45, 2.75) is 19.5 Å². The summed E-state index contributed by atoms with van der Waals surface area (Å²) in [6.07, 6.45) is 2.19. The Bertz CT molecular complexity index is 1010. The van der Waals surface area contributed by atoms with Crippen molar-refractivity contribution in [3.05, 3.63) is 84.3 Å². The molecule has 0 aliphatic rings. The van der Waals surface area contributed by atoms with Crippen LogP contribution in [0.4, 0.5) is 10.5 Å². The summed E-state index contributed by atoms with van der Waals surface area (Å²) in [6.45, 7) is 1.51. The Hall–Kier alpha value is -3.78. The van der Waals surface area contributed by atoms with Gasteiger partial charge in [0.25, 0.3) is 0 Å². The van der Waals surface area contributed by atoms with Gasteiger partial charge in [-0.3, -0.25) is 4.79 Å². The van der Waals surface area contributed by atoms with Crippen LogP contribution in [0.2, 0.25) is 0 Å². The van der Waals surface area contributed by atoms with E-state index in [9.17, 15) is 9.59 Å². The third kappa shape index (κ3) is 7.67. The first-order valence-electron chi connectivity index (χ1n) is 11.1. The summed E-state index contributed by atoms with van der Waals surface area (Å²) >= 11 is 0. The molecule has 0 aliphatic carbocycles. The first-order chi connectivity index (χ1) is 16.6. The number of rotatable bonds is 12. The highest BCUT2D eigenvalue weighted by Crippen LogP contribution is 2.16. The highest BCUT2D eigenvalue weighted by atomic mass is 16.5.